The maximum atomic E-state index is 12.6. The van der Waals surface area contributed by atoms with Crippen LogP contribution in [0.5, 0.6) is 5.75 Å². The van der Waals surface area contributed by atoms with Gasteiger partial charge in [0.05, 0.1) is 17.9 Å². The molecular formula is C25H18F3NO5. The standard InChI is InChI=1S/C25H18F3NO5/c26-25(27,28)34-18-9-6-16(7-10-18)17-8-11-20-19(12-17)22(23(31)24(32)33)21(14-30)29(20)13-15-4-2-1-3-5-15/h1-12,30H,13-14H2,(H,32,33). The molecule has 0 saturated heterocycles. The summed E-state index contributed by atoms with van der Waals surface area (Å²) in [5.74, 6) is -3.20. The summed E-state index contributed by atoms with van der Waals surface area (Å²) in [6, 6.07) is 19.4. The number of benzene rings is 3. The summed E-state index contributed by atoms with van der Waals surface area (Å²) in [6.07, 6.45) is -4.81. The molecule has 6 nitrogen and oxygen atoms in total. The van der Waals surface area contributed by atoms with Gasteiger partial charge in [0.1, 0.15) is 5.75 Å². The summed E-state index contributed by atoms with van der Waals surface area (Å²) in [6.45, 7) is -0.266. The molecule has 0 aliphatic carbocycles. The zero-order chi connectivity index (χ0) is 24.5. The van der Waals surface area contributed by atoms with Gasteiger partial charge in [0, 0.05) is 17.4 Å². The van der Waals surface area contributed by atoms with Gasteiger partial charge in [-0.15, -0.1) is 13.2 Å². The number of carboxylic acid groups (broad SMARTS) is 1. The van der Waals surface area contributed by atoms with E-state index in [1.807, 2.05) is 30.3 Å². The molecule has 0 atom stereocenters. The first kappa shape index (κ1) is 23.1. The van der Waals surface area contributed by atoms with E-state index in [-0.39, 0.29) is 17.0 Å². The van der Waals surface area contributed by atoms with Gasteiger partial charge in [-0.05, 0) is 41.0 Å². The lowest BCUT2D eigenvalue weighted by atomic mass is 10.0. The summed E-state index contributed by atoms with van der Waals surface area (Å²) >= 11 is 0. The summed E-state index contributed by atoms with van der Waals surface area (Å²) in [4.78, 5) is 24.1. The number of ketones is 1. The number of alkyl halides is 3. The molecule has 4 rings (SSSR count). The third kappa shape index (κ3) is 4.65. The second-order valence-electron chi connectivity index (χ2n) is 7.49. The monoisotopic (exact) mass is 469 g/mol. The predicted molar refractivity (Wildman–Crippen MR) is 117 cm³/mol. The maximum absolute atomic E-state index is 12.6. The van der Waals surface area contributed by atoms with Crippen LogP contribution < -0.4 is 4.74 Å². The van der Waals surface area contributed by atoms with E-state index in [1.165, 1.54) is 12.1 Å². The third-order valence-corrected chi connectivity index (χ3v) is 5.35. The molecule has 1 aromatic heterocycles. The van der Waals surface area contributed by atoms with Gasteiger partial charge in [0.25, 0.3) is 5.78 Å². The Kier molecular flexibility index (Phi) is 6.12. The van der Waals surface area contributed by atoms with Crippen LogP contribution in [0.15, 0.2) is 72.8 Å². The quantitative estimate of drug-likeness (QED) is 0.293. The number of fused-ring (bicyclic) bond motifs is 1. The predicted octanol–water partition coefficient (Wildman–Crippen LogP) is 5.01. The Morgan fingerprint density at radius 3 is 2.15 bits per heavy atom. The van der Waals surface area contributed by atoms with Crippen molar-refractivity contribution < 1.29 is 37.7 Å². The molecule has 0 amide bonds. The number of Topliss-reactive ketones (excluding diaryl/α,β-unsaturated/α-hetero) is 1. The van der Waals surface area contributed by atoms with Gasteiger partial charge in [0.2, 0.25) is 0 Å². The fourth-order valence-corrected chi connectivity index (χ4v) is 3.91. The van der Waals surface area contributed by atoms with E-state index in [9.17, 15) is 33.0 Å². The zero-order valence-corrected chi connectivity index (χ0v) is 17.5. The van der Waals surface area contributed by atoms with Gasteiger partial charge in [0.15, 0.2) is 0 Å². The fraction of sp³-hybridized carbons (Fsp3) is 0.120. The highest BCUT2D eigenvalue weighted by Gasteiger charge is 2.31. The summed E-state index contributed by atoms with van der Waals surface area (Å²) in [7, 11) is 0. The lowest BCUT2D eigenvalue weighted by Crippen LogP contribution is -2.16. The number of carbonyl (C=O) groups is 2. The highest BCUT2D eigenvalue weighted by molar-refractivity contribution is 6.42. The number of aliphatic hydroxyl groups is 1. The summed E-state index contributed by atoms with van der Waals surface area (Å²) < 4.78 is 42.9. The highest BCUT2D eigenvalue weighted by Crippen LogP contribution is 2.33. The first-order valence-electron chi connectivity index (χ1n) is 10.1. The maximum Gasteiger partial charge on any atom is 0.573 e. The first-order chi connectivity index (χ1) is 16.2. The van der Waals surface area contributed by atoms with E-state index in [2.05, 4.69) is 4.74 Å². The van der Waals surface area contributed by atoms with Gasteiger partial charge in [-0.1, -0.05) is 48.5 Å². The zero-order valence-electron chi connectivity index (χ0n) is 17.5. The van der Waals surface area contributed by atoms with Gasteiger partial charge in [-0.3, -0.25) is 4.79 Å². The molecule has 0 aliphatic heterocycles. The van der Waals surface area contributed by atoms with Crippen LogP contribution in [0.25, 0.3) is 22.0 Å². The van der Waals surface area contributed by atoms with E-state index in [4.69, 9.17) is 0 Å². The summed E-state index contributed by atoms with van der Waals surface area (Å²) in [5, 5.41) is 19.7. The number of carboxylic acids is 1. The third-order valence-electron chi connectivity index (χ3n) is 5.35. The van der Waals surface area contributed by atoms with Crippen molar-refractivity contribution in [3.8, 4) is 16.9 Å². The molecule has 3 aromatic carbocycles. The smallest absolute Gasteiger partial charge is 0.475 e. The average Bonchev–Trinajstić information content (AvgIpc) is 3.11. The number of halogens is 3. The van der Waals surface area contributed by atoms with Crippen LogP contribution in [-0.4, -0.2) is 32.9 Å². The van der Waals surface area contributed by atoms with Crippen molar-refractivity contribution in [2.24, 2.45) is 0 Å². The molecule has 1 heterocycles. The number of nitrogens with zero attached hydrogens (tertiary/aromatic N) is 1. The van der Waals surface area contributed by atoms with Crippen LogP contribution in [0, 0.1) is 0 Å². The van der Waals surface area contributed by atoms with Crippen LogP contribution >= 0.6 is 0 Å². The summed E-state index contributed by atoms with van der Waals surface area (Å²) in [5.41, 5.74) is 2.54. The normalized spacial score (nSPS) is 11.5. The van der Waals surface area contributed by atoms with Crippen molar-refractivity contribution in [2.75, 3.05) is 0 Å². The fourth-order valence-electron chi connectivity index (χ4n) is 3.91. The number of carbonyl (C=O) groups excluding carboxylic acids is 1. The minimum atomic E-state index is -4.81. The van der Waals surface area contributed by atoms with Crippen molar-refractivity contribution in [1.29, 1.82) is 0 Å². The molecule has 0 bridgehead atoms. The van der Waals surface area contributed by atoms with E-state index in [1.54, 1.807) is 22.8 Å². The van der Waals surface area contributed by atoms with Gasteiger partial charge >= 0.3 is 12.3 Å². The number of ether oxygens (including phenoxy) is 1. The van der Waals surface area contributed by atoms with Crippen LogP contribution in [0.1, 0.15) is 21.6 Å². The van der Waals surface area contributed by atoms with Crippen LogP contribution in [0.2, 0.25) is 0 Å². The Labute approximate surface area is 191 Å². The number of aromatic nitrogens is 1. The SMILES string of the molecule is O=C(O)C(=O)c1c(CO)n(Cc2ccccc2)c2ccc(-c3ccc(OC(F)(F)F)cc3)cc12. The van der Waals surface area contributed by atoms with Crippen LogP contribution in [0.3, 0.4) is 0 Å². The van der Waals surface area contributed by atoms with Crippen molar-refractivity contribution in [1.82, 2.24) is 4.57 Å². The van der Waals surface area contributed by atoms with Gasteiger partial charge in [-0.2, -0.15) is 0 Å². The number of aliphatic hydroxyl groups excluding tert-OH is 1. The lowest BCUT2D eigenvalue weighted by Gasteiger charge is -2.11. The molecule has 9 heteroatoms. The van der Waals surface area contributed by atoms with E-state index < -0.39 is 24.7 Å². The number of aliphatic carboxylic acids is 1. The average molecular weight is 469 g/mol. The van der Waals surface area contributed by atoms with E-state index >= 15 is 0 Å². The molecule has 174 valence electrons. The Balaban J connectivity index is 1.84. The van der Waals surface area contributed by atoms with Crippen molar-refractivity contribution in [3.63, 3.8) is 0 Å². The van der Waals surface area contributed by atoms with Crippen molar-refractivity contribution in [2.45, 2.75) is 19.5 Å². The van der Waals surface area contributed by atoms with Crippen molar-refractivity contribution >= 4 is 22.7 Å². The lowest BCUT2D eigenvalue weighted by molar-refractivity contribution is -0.274. The van der Waals surface area contributed by atoms with Gasteiger partial charge < -0.3 is 19.5 Å². The van der Waals surface area contributed by atoms with Crippen LogP contribution in [-0.2, 0) is 17.9 Å². The van der Waals surface area contributed by atoms with E-state index in [0.29, 0.717) is 28.6 Å². The molecule has 34 heavy (non-hydrogen) atoms. The topological polar surface area (TPSA) is 88.8 Å². The molecule has 0 radical (unpaired) electrons. The Bertz CT molecular complexity index is 1360. The number of hydrogen-bond acceptors (Lipinski definition) is 4. The number of rotatable bonds is 7. The molecular weight excluding hydrogens is 451 g/mol. The Hall–Kier alpha value is -4.11. The van der Waals surface area contributed by atoms with E-state index in [0.717, 1.165) is 17.7 Å². The van der Waals surface area contributed by atoms with Gasteiger partial charge in [-0.25, -0.2) is 4.79 Å². The van der Waals surface area contributed by atoms with Crippen LogP contribution in [0.4, 0.5) is 13.2 Å². The minimum absolute atomic E-state index is 0.125. The number of hydrogen-bond donors (Lipinski definition) is 2. The highest BCUT2D eigenvalue weighted by atomic mass is 19.4. The second kappa shape index (κ2) is 9.03. The molecule has 0 spiro atoms. The second-order valence-corrected chi connectivity index (χ2v) is 7.49. The molecule has 0 fully saturated rings. The molecule has 0 saturated carbocycles. The largest absolute Gasteiger partial charge is 0.573 e. The Morgan fingerprint density at radius 2 is 1.56 bits per heavy atom. The van der Waals surface area contributed by atoms with Crippen molar-refractivity contribution in [3.05, 3.63) is 89.6 Å². The molecule has 0 aliphatic rings. The Morgan fingerprint density at radius 1 is 0.912 bits per heavy atom. The first-order valence-corrected chi connectivity index (χ1v) is 10.1. The minimum Gasteiger partial charge on any atom is -0.475 e. The molecule has 4 aromatic rings. The molecule has 2 N–H and O–H groups in total. The molecule has 0 unspecified atom stereocenters.